The molecule has 1 unspecified atom stereocenters. The Hall–Kier alpha value is -2.21. The lowest BCUT2D eigenvalue weighted by atomic mass is 9.95. The van der Waals surface area contributed by atoms with Crippen molar-refractivity contribution in [1.82, 2.24) is 5.32 Å². The Balaban J connectivity index is 2.07. The summed E-state index contributed by atoms with van der Waals surface area (Å²) in [4.78, 5) is 11.9. The van der Waals surface area contributed by atoms with Crippen LogP contribution in [0.25, 0.3) is 0 Å². The van der Waals surface area contributed by atoms with Crippen LogP contribution >= 0.6 is 0 Å². The topological polar surface area (TPSA) is 62.5 Å². The van der Waals surface area contributed by atoms with E-state index < -0.39 is 23.1 Å². The number of halogens is 2. The molecule has 1 amide bonds. The second-order valence-corrected chi connectivity index (χ2v) is 5.20. The normalized spacial score (nSPS) is 13.7. The van der Waals surface area contributed by atoms with Crippen LogP contribution < -0.4 is 5.32 Å². The predicted octanol–water partition coefficient (Wildman–Crippen LogP) is 2.76. The van der Waals surface area contributed by atoms with Crippen LogP contribution in [-0.2, 0) is 12.0 Å². The lowest BCUT2D eigenvalue weighted by Crippen LogP contribution is -2.39. The minimum absolute atomic E-state index is 0.0945. The van der Waals surface area contributed by atoms with Crippen LogP contribution in [0.5, 0.6) is 0 Å². The minimum Gasteiger partial charge on any atom is -0.456 e. The number of hydrogen-bond donors (Lipinski definition) is 2. The third-order valence-electron chi connectivity index (χ3n) is 3.34. The highest BCUT2D eigenvalue weighted by atomic mass is 19.1. The smallest absolute Gasteiger partial charge is 0.287 e. The lowest BCUT2D eigenvalue weighted by Gasteiger charge is -2.24. The fourth-order valence-corrected chi connectivity index (χ4v) is 2.05. The van der Waals surface area contributed by atoms with Crippen LogP contribution in [0.1, 0.15) is 35.7 Å². The van der Waals surface area contributed by atoms with Crippen LogP contribution in [0, 0.1) is 11.6 Å². The quantitative estimate of drug-likeness (QED) is 0.892. The molecule has 1 heterocycles. The molecule has 0 aliphatic heterocycles. The van der Waals surface area contributed by atoms with Crippen LogP contribution in [0.15, 0.2) is 34.7 Å². The van der Waals surface area contributed by atoms with E-state index in [9.17, 15) is 18.7 Å². The fourth-order valence-electron chi connectivity index (χ4n) is 2.05. The summed E-state index contributed by atoms with van der Waals surface area (Å²) in [5, 5.41) is 12.8. The van der Waals surface area contributed by atoms with Crippen LogP contribution in [0.4, 0.5) is 8.78 Å². The molecule has 2 aromatic rings. The number of carbonyl (C=O) groups excluding carboxylic acids is 1. The zero-order valence-corrected chi connectivity index (χ0v) is 12.3. The van der Waals surface area contributed by atoms with Gasteiger partial charge in [0.05, 0.1) is 6.54 Å². The zero-order valence-electron chi connectivity index (χ0n) is 12.3. The first kappa shape index (κ1) is 16.2. The highest BCUT2D eigenvalue weighted by molar-refractivity contribution is 5.91. The summed E-state index contributed by atoms with van der Waals surface area (Å²) in [7, 11) is 0. The van der Waals surface area contributed by atoms with Gasteiger partial charge < -0.3 is 14.8 Å². The Labute approximate surface area is 126 Å². The average molecular weight is 309 g/mol. The van der Waals surface area contributed by atoms with Gasteiger partial charge in [0.25, 0.3) is 5.91 Å². The van der Waals surface area contributed by atoms with Gasteiger partial charge in [-0.05, 0) is 25.1 Å². The maximum absolute atomic E-state index is 13.7. The molecule has 4 nitrogen and oxygen atoms in total. The summed E-state index contributed by atoms with van der Waals surface area (Å²) < 4.78 is 31.9. The number of hydrogen-bond acceptors (Lipinski definition) is 3. The van der Waals surface area contributed by atoms with E-state index in [4.69, 9.17) is 4.42 Å². The SMILES string of the molecule is CCc1ccc(C(=O)NCC(C)(O)c2ccc(F)cc2F)o1. The molecule has 0 fully saturated rings. The van der Waals surface area contributed by atoms with Crippen molar-refractivity contribution in [1.29, 1.82) is 0 Å². The van der Waals surface area contributed by atoms with Crippen molar-refractivity contribution in [2.24, 2.45) is 0 Å². The fraction of sp³-hybridized carbons (Fsp3) is 0.312. The van der Waals surface area contributed by atoms with Gasteiger partial charge in [0.15, 0.2) is 5.76 Å². The average Bonchev–Trinajstić information content (AvgIpc) is 2.93. The van der Waals surface area contributed by atoms with Gasteiger partial charge >= 0.3 is 0 Å². The molecule has 1 atom stereocenters. The Morgan fingerprint density at radius 3 is 2.64 bits per heavy atom. The first-order chi connectivity index (χ1) is 10.3. The molecule has 1 aromatic carbocycles. The molecule has 118 valence electrons. The minimum atomic E-state index is -1.67. The van der Waals surface area contributed by atoms with E-state index in [1.165, 1.54) is 13.0 Å². The van der Waals surface area contributed by atoms with Crippen molar-refractivity contribution in [3.8, 4) is 0 Å². The molecule has 1 aromatic heterocycles. The third kappa shape index (κ3) is 3.51. The van der Waals surface area contributed by atoms with Gasteiger partial charge in [0.2, 0.25) is 0 Å². The van der Waals surface area contributed by atoms with Crippen LogP contribution in [0.2, 0.25) is 0 Å². The largest absolute Gasteiger partial charge is 0.456 e. The Morgan fingerprint density at radius 2 is 2.05 bits per heavy atom. The van der Waals surface area contributed by atoms with Crippen molar-refractivity contribution in [2.75, 3.05) is 6.54 Å². The molecule has 0 bridgehead atoms. The molecule has 0 saturated heterocycles. The zero-order chi connectivity index (χ0) is 16.3. The maximum atomic E-state index is 13.7. The van der Waals surface area contributed by atoms with Gasteiger partial charge in [0.1, 0.15) is 23.0 Å². The molecular formula is C16H17F2NO3. The van der Waals surface area contributed by atoms with Crippen LogP contribution in [-0.4, -0.2) is 17.6 Å². The summed E-state index contributed by atoms with van der Waals surface area (Å²) in [5.41, 5.74) is -1.77. The van der Waals surface area contributed by atoms with Crippen molar-refractivity contribution in [2.45, 2.75) is 25.9 Å². The van der Waals surface area contributed by atoms with Crippen molar-refractivity contribution in [3.05, 3.63) is 59.1 Å². The molecule has 22 heavy (non-hydrogen) atoms. The van der Waals surface area contributed by atoms with E-state index in [1.54, 1.807) is 6.07 Å². The third-order valence-corrected chi connectivity index (χ3v) is 3.34. The molecule has 2 rings (SSSR count). The number of furan rings is 1. The van der Waals surface area contributed by atoms with E-state index in [2.05, 4.69) is 5.32 Å². The van der Waals surface area contributed by atoms with Gasteiger partial charge in [0, 0.05) is 18.1 Å². The monoisotopic (exact) mass is 309 g/mol. The number of aliphatic hydroxyl groups is 1. The molecule has 0 saturated carbocycles. The van der Waals surface area contributed by atoms with Gasteiger partial charge in [-0.2, -0.15) is 0 Å². The summed E-state index contributed by atoms with van der Waals surface area (Å²) in [6, 6.07) is 6.10. The second-order valence-electron chi connectivity index (χ2n) is 5.20. The van der Waals surface area contributed by atoms with Gasteiger partial charge in [-0.25, -0.2) is 8.78 Å². The molecule has 0 spiro atoms. The van der Waals surface area contributed by atoms with Crippen molar-refractivity contribution in [3.63, 3.8) is 0 Å². The van der Waals surface area contributed by atoms with E-state index >= 15 is 0 Å². The van der Waals surface area contributed by atoms with E-state index in [1.807, 2.05) is 6.92 Å². The second kappa shape index (κ2) is 6.27. The number of carbonyl (C=O) groups is 1. The summed E-state index contributed by atoms with van der Waals surface area (Å²) >= 11 is 0. The summed E-state index contributed by atoms with van der Waals surface area (Å²) in [6.45, 7) is 2.99. The van der Waals surface area contributed by atoms with Gasteiger partial charge in [-0.1, -0.05) is 13.0 Å². The number of rotatable bonds is 5. The highest BCUT2D eigenvalue weighted by Crippen LogP contribution is 2.23. The van der Waals surface area contributed by atoms with Crippen molar-refractivity contribution >= 4 is 5.91 Å². The van der Waals surface area contributed by atoms with Crippen LogP contribution in [0.3, 0.4) is 0 Å². The molecule has 6 heteroatoms. The molecule has 0 aliphatic rings. The van der Waals surface area contributed by atoms with Crippen molar-refractivity contribution < 1.29 is 23.1 Å². The molecule has 2 N–H and O–H groups in total. The van der Waals surface area contributed by atoms with E-state index in [0.29, 0.717) is 18.2 Å². The van der Waals surface area contributed by atoms with Gasteiger partial charge in [-0.15, -0.1) is 0 Å². The van der Waals surface area contributed by atoms with Gasteiger partial charge in [-0.3, -0.25) is 4.79 Å². The predicted molar refractivity (Wildman–Crippen MR) is 76.3 cm³/mol. The number of benzene rings is 1. The first-order valence-corrected chi connectivity index (χ1v) is 6.88. The Bertz CT molecular complexity index is 680. The summed E-state index contributed by atoms with van der Waals surface area (Å²) in [5.74, 6) is -1.33. The first-order valence-electron chi connectivity index (χ1n) is 6.88. The molecule has 0 radical (unpaired) electrons. The standard InChI is InChI=1S/C16H17F2NO3/c1-3-11-5-7-14(22-11)15(20)19-9-16(2,21)12-6-4-10(17)8-13(12)18/h4-8,21H,3,9H2,1-2H3,(H,19,20). The van der Waals surface area contributed by atoms with E-state index in [0.717, 1.165) is 12.1 Å². The Kier molecular flexibility index (Phi) is 4.61. The number of nitrogens with one attached hydrogen (secondary N) is 1. The lowest BCUT2D eigenvalue weighted by molar-refractivity contribution is 0.0487. The maximum Gasteiger partial charge on any atom is 0.287 e. The van der Waals surface area contributed by atoms with E-state index in [-0.39, 0.29) is 17.9 Å². The molecular weight excluding hydrogens is 292 g/mol. The Morgan fingerprint density at radius 1 is 1.32 bits per heavy atom. The number of amides is 1. The highest BCUT2D eigenvalue weighted by Gasteiger charge is 2.28. The molecule has 0 aliphatic carbocycles. The number of aryl methyl sites for hydroxylation is 1. The summed E-state index contributed by atoms with van der Waals surface area (Å²) in [6.07, 6.45) is 0.659.